The van der Waals surface area contributed by atoms with Crippen molar-refractivity contribution in [3.05, 3.63) is 54.1 Å². The molecule has 1 aromatic carbocycles. The number of ketones is 1. The van der Waals surface area contributed by atoms with E-state index in [0.717, 1.165) is 49.5 Å². The van der Waals surface area contributed by atoms with Gasteiger partial charge in [0.15, 0.2) is 5.78 Å². The number of carbonyl (C=O) groups is 4. The predicted molar refractivity (Wildman–Crippen MR) is 112 cm³/mol. The number of rotatable bonds is 8. The smallest absolute Gasteiger partial charge is 0.331 e. The summed E-state index contributed by atoms with van der Waals surface area (Å²) in [6.45, 7) is 2.14. The maximum Gasteiger partial charge on any atom is 0.331 e. The van der Waals surface area contributed by atoms with Crippen LogP contribution in [0.1, 0.15) is 38.2 Å². The van der Waals surface area contributed by atoms with E-state index in [2.05, 4.69) is 17.0 Å². The Morgan fingerprint density at radius 2 is 1.70 bits per heavy atom. The Labute approximate surface area is 176 Å². The lowest BCUT2D eigenvalue weighted by atomic mass is 9.89. The van der Waals surface area contributed by atoms with Gasteiger partial charge in [0.2, 0.25) is 5.91 Å². The highest BCUT2D eigenvalue weighted by molar-refractivity contribution is 6.02. The van der Waals surface area contributed by atoms with Crippen LogP contribution in [0.15, 0.2) is 48.6 Å². The lowest BCUT2D eigenvalue weighted by Gasteiger charge is -2.25. The van der Waals surface area contributed by atoms with E-state index in [4.69, 9.17) is 4.74 Å². The molecule has 1 aliphatic carbocycles. The Morgan fingerprint density at radius 1 is 1.00 bits per heavy atom. The Hall–Kier alpha value is -3.22. The van der Waals surface area contributed by atoms with Gasteiger partial charge in [-0.05, 0) is 49.0 Å². The van der Waals surface area contributed by atoms with E-state index in [-0.39, 0.29) is 18.3 Å². The number of hydrogen-bond acceptors (Lipinski definition) is 6. The number of allylic oxidation sites excluding steroid dienone is 1. The largest absolute Gasteiger partial charge is 0.466 e. The molecular weight excluding hydrogens is 386 g/mol. The third-order valence-electron chi connectivity index (χ3n) is 4.75. The highest BCUT2D eigenvalue weighted by atomic mass is 16.5. The molecule has 1 aromatic rings. The van der Waals surface area contributed by atoms with Gasteiger partial charge >= 0.3 is 11.9 Å². The van der Waals surface area contributed by atoms with Crippen molar-refractivity contribution in [3.8, 4) is 0 Å². The van der Waals surface area contributed by atoms with Crippen LogP contribution in [0.2, 0.25) is 0 Å². The fourth-order valence-corrected chi connectivity index (χ4v) is 3.21. The minimum Gasteiger partial charge on any atom is -0.466 e. The van der Waals surface area contributed by atoms with Crippen molar-refractivity contribution in [1.29, 1.82) is 0 Å². The molecule has 1 N–H and O–H groups in total. The number of nitrogens with one attached hydrogen (secondary N) is 1. The molecule has 2 rings (SSSR count). The molecular formula is C23H27NO6. The van der Waals surface area contributed by atoms with Crippen LogP contribution in [0, 0.1) is 5.92 Å². The van der Waals surface area contributed by atoms with Crippen LogP contribution < -0.4 is 5.32 Å². The van der Waals surface area contributed by atoms with E-state index in [9.17, 15) is 19.2 Å². The molecule has 160 valence electrons. The van der Waals surface area contributed by atoms with E-state index in [1.165, 1.54) is 13.2 Å². The highest BCUT2D eigenvalue weighted by Gasteiger charge is 2.21. The second kappa shape index (κ2) is 11.7. The van der Waals surface area contributed by atoms with Crippen LogP contribution in [0.4, 0.5) is 5.69 Å². The summed E-state index contributed by atoms with van der Waals surface area (Å²) >= 11 is 0. The third-order valence-corrected chi connectivity index (χ3v) is 4.75. The number of benzene rings is 1. The minimum atomic E-state index is -0.591. The topological polar surface area (TPSA) is 98.8 Å². The lowest BCUT2D eigenvalue weighted by Crippen LogP contribution is -2.23. The number of carbonyl (C=O) groups excluding carboxylic acids is 4. The second-order valence-corrected chi connectivity index (χ2v) is 7.35. The van der Waals surface area contributed by atoms with Gasteiger partial charge in [-0.2, -0.15) is 0 Å². The van der Waals surface area contributed by atoms with E-state index < -0.39 is 17.8 Å². The molecule has 2 unspecified atom stereocenters. The van der Waals surface area contributed by atoms with Crippen LogP contribution in [0.25, 0.3) is 0 Å². The zero-order valence-electron chi connectivity index (χ0n) is 17.3. The predicted octanol–water partition coefficient (Wildman–Crippen LogP) is 3.14. The summed E-state index contributed by atoms with van der Waals surface area (Å²) in [5, 5.41) is 2.64. The molecule has 0 spiro atoms. The monoisotopic (exact) mass is 413 g/mol. The fraction of sp³-hybridized carbons (Fsp3) is 0.391. The average Bonchev–Trinajstić information content (AvgIpc) is 2.72. The highest BCUT2D eigenvalue weighted by Crippen LogP contribution is 2.25. The van der Waals surface area contributed by atoms with Crippen molar-refractivity contribution in [2.24, 2.45) is 5.92 Å². The first-order valence-electron chi connectivity index (χ1n) is 9.93. The maximum atomic E-state index is 12.0. The molecule has 1 amide bonds. The molecule has 1 saturated carbocycles. The van der Waals surface area contributed by atoms with Crippen LogP contribution in [-0.2, 0) is 35.1 Å². The first-order valence-corrected chi connectivity index (χ1v) is 9.93. The molecule has 2 atom stereocenters. The quantitative estimate of drug-likeness (QED) is 0.519. The van der Waals surface area contributed by atoms with Gasteiger partial charge in [-0.15, -0.1) is 0 Å². The molecule has 0 bridgehead atoms. The molecule has 0 radical (unpaired) electrons. The molecule has 1 aliphatic rings. The van der Waals surface area contributed by atoms with Crippen LogP contribution in [-0.4, -0.2) is 36.8 Å². The van der Waals surface area contributed by atoms with Crippen molar-refractivity contribution in [2.45, 2.75) is 45.1 Å². The first-order chi connectivity index (χ1) is 14.4. The molecule has 7 heteroatoms. The van der Waals surface area contributed by atoms with Crippen molar-refractivity contribution in [3.63, 3.8) is 0 Å². The van der Waals surface area contributed by atoms with Gasteiger partial charge in [0.1, 0.15) is 6.10 Å². The van der Waals surface area contributed by atoms with Crippen molar-refractivity contribution >= 4 is 29.3 Å². The van der Waals surface area contributed by atoms with E-state index in [1.54, 1.807) is 24.3 Å². The number of ether oxygens (including phenoxy) is 2. The van der Waals surface area contributed by atoms with Gasteiger partial charge in [-0.1, -0.05) is 25.5 Å². The SMILES string of the molecule is COC(=O)/C=C\C(=O)Cc1ccc(NC(=O)/C=C\C(=O)OC2CCCC(C)C2)cc1. The summed E-state index contributed by atoms with van der Waals surface area (Å²) in [6, 6.07) is 6.70. The van der Waals surface area contributed by atoms with Gasteiger partial charge in [-0.3, -0.25) is 9.59 Å². The molecule has 0 aromatic heterocycles. The molecule has 0 saturated heterocycles. The van der Waals surface area contributed by atoms with Crippen LogP contribution >= 0.6 is 0 Å². The third kappa shape index (κ3) is 8.43. The lowest BCUT2D eigenvalue weighted by molar-refractivity contribution is -0.145. The van der Waals surface area contributed by atoms with E-state index in [0.29, 0.717) is 11.6 Å². The molecule has 7 nitrogen and oxygen atoms in total. The second-order valence-electron chi connectivity index (χ2n) is 7.35. The number of esters is 2. The standard InChI is InChI=1S/C23H27NO6/c1-16-4-3-5-20(14-16)30-23(28)13-11-21(26)24-18-8-6-17(7-9-18)15-19(25)10-12-22(27)29-2/h6-13,16,20H,3-5,14-15H2,1-2H3,(H,24,26)/b12-10-,13-11-. The van der Waals surface area contributed by atoms with Gasteiger partial charge < -0.3 is 14.8 Å². The summed E-state index contributed by atoms with van der Waals surface area (Å²) in [4.78, 5) is 46.6. The molecule has 0 heterocycles. The summed E-state index contributed by atoms with van der Waals surface area (Å²) in [5.41, 5.74) is 1.26. The Bertz CT molecular complexity index is 825. The Morgan fingerprint density at radius 3 is 2.37 bits per heavy atom. The van der Waals surface area contributed by atoms with Crippen molar-refractivity contribution < 1.29 is 28.7 Å². The summed E-state index contributed by atoms with van der Waals surface area (Å²) in [7, 11) is 1.24. The zero-order chi connectivity index (χ0) is 21.9. The first kappa shape index (κ1) is 23.1. The van der Waals surface area contributed by atoms with Gasteiger partial charge in [0.05, 0.1) is 7.11 Å². The average molecular weight is 413 g/mol. The van der Waals surface area contributed by atoms with Crippen LogP contribution in [0.3, 0.4) is 0 Å². The van der Waals surface area contributed by atoms with Crippen molar-refractivity contribution in [1.82, 2.24) is 0 Å². The summed E-state index contributed by atoms with van der Waals surface area (Å²) in [6.07, 6.45) is 8.49. The van der Waals surface area contributed by atoms with E-state index in [1.807, 2.05) is 0 Å². The molecule has 1 fully saturated rings. The van der Waals surface area contributed by atoms with Gasteiger partial charge in [-0.25, -0.2) is 9.59 Å². The van der Waals surface area contributed by atoms with E-state index >= 15 is 0 Å². The number of anilines is 1. The van der Waals surface area contributed by atoms with Crippen molar-refractivity contribution in [2.75, 3.05) is 12.4 Å². The maximum absolute atomic E-state index is 12.0. The number of methoxy groups -OCH3 is 1. The summed E-state index contributed by atoms with van der Waals surface area (Å²) in [5.74, 6) is -1.25. The normalized spacial score (nSPS) is 18.9. The van der Waals surface area contributed by atoms with Crippen LogP contribution in [0.5, 0.6) is 0 Å². The zero-order valence-corrected chi connectivity index (χ0v) is 17.3. The van der Waals surface area contributed by atoms with Gasteiger partial charge in [0, 0.05) is 30.3 Å². The summed E-state index contributed by atoms with van der Waals surface area (Å²) < 4.78 is 9.81. The van der Waals surface area contributed by atoms with Gasteiger partial charge in [0.25, 0.3) is 0 Å². The molecule has 0 aliphatic heterocycles. The molecule has 30 heavy (non-hydrogen) atoms. The number of amides is 1. The minimum absolute atomic E-state index is 0.0771. The number of hydrogen-bond donors (Lipinski definition) is 1. The Kier molecular flexibility index (Phi) is 9.00. The fourth-order valence-electron chi connectivity index (χ4n) is 3.21. The Balaban J connectivity index is 1.78.